The quantitative estimate of drug-likeness (QED) is 0.489. The van der Waals surface area contributed by atoms with Crippen LogP contribution in [-0.4, -0.2) is 18.8 Å². The van der Waals surface area contributed by atoms with E-state index < -0.39 is 6.17 Å². The van der Waals surface area contributed by atoms with Crippen LogP contribution in [-0.2, 0) is 4.79 Å². The molecule has 0 radical (unpaired) electrons. The van der Waals surface area contributed by atoms with E-state index in [0.717, 1.165) is 25.7 Å². The van der Waals surface area contributed by atoms with Crippen molar-refractivity contribution in [2.75, 3.05) is 6.54 Å². The molecule has 1 unspecified atom stereocenters. The summed E-state index contributed by atoms with van der Waals surface area (Å²) in [7, 11) is 0. The van der Waals surface area contributed by atoms with Gasteiger partial charge in [-0.15, -0.1) is 0 Å². The van der Waals surface area contributed by atoms with E-state index in [9.17, 15) is 9.18 Å². The van der Waals surface area contributed by atoms with Gasteiger partial charge in [-0.1, -0.05) is 19.3 Å². The number of isocyanates is 1. The number of carbonyl (C=O) groups excluding carboxylic acids is 1. The Labute approximate surface area is 78.2 Å². The fraction of sp³-hybridized carbons (Fsp3) is 0.900. The summed E-state index contributed by atoms with van der Waals surface area (Å²) in [5.41, 5.74) is 0. The van der Waals surface area contributed by atoms with Gasteiger partial charge in [0, 0.05) is 0 Å². The fourth-order valence-electron chi connectivity index (χ4n) is 1.97. The highest BCUT2D eigenvalue weighted by Gasteiger charge is 2.22. The minimum atomic E-state index is -0.766. The van der Waals surface area contributed by atoms with Gasteiger partial charge in [0.25, 0.3) is 0 Å². The van der Waals surface area contributed by atoms with E-state index >= 15 is 0 Å². The second kappa shape index (κ2) is 5.87. The highest BCUT2D eigenvalue weighted by molar-refractivity contribution is 5.32. The summed E-state index contributed by atoms with van der Waals surface area (Å²) in [6, 6.07) is 0. The molecular formula is C10H16FNO. The smallest absolute Gasteiger partial charge is 0.234 e. The van der Waals surface area contributed by atoms with Crippen LogP contribution in [0.4, 0.5) is 4.39 Å². The van der Waals surface area contributed by atoms with Gasteiger partial charge in [0.2, 0.25) is 6.08 Å². The van der Waals surface area contributed by atoms with Crippen LogP contribution in [0.25, 0.3) is 0 Å². The Hall–Kier alpha value is -0.690. The number of hydrogen-bond acceptors (Lipinski definition) is 2. The molecular weight excluding hydrogens is 169 g/mol. The molecule has 3 heteroatoms. The van der Waals surface area contributed by atoms with Crippen molar-refractivity contribution in [2.24, 2.45) is 10.9 Å². The van der Waals surface area contributed by atoms with Crippen molar-refractivity contribution in [3.8, 4) is 0 Å². The summed E-state index contributed by atoms with van der Waals surface area (Å²) in [6.45, 7) is 0.293. The van der Waals surface area contributed by atoms with E-state index in [-0.39, 0.29) is 5.92 Å². The highest BCUT2D eigenvalue weighted by Crippen LogP contribution is 2.29. The maximum atomic E-state index is 13.4. The van der Waals surface area contributed by atoms with E-state index in [4.69, 9.17) is 0 Å². The van der Waals surface area contributed by atoms with Crippen molar-refractivity contribution in [1.29, 1.82) is 0 Å². The molecule has 0 aromatic rings. The van der Waals surface area contributed by atoms with E-state index in [1.54, 1.807) is 0 Å². The number of rotatable bonds is 4. The van der Waals surface area contributed by atoms with Crippen LogP contribution in [0, 0.1) is 5.92 Å². The average molecular weight is 185 g/mol. The van der Waals surface area contributed by atoms with Crippen molar-refractivity contribution in [3.63, 3.8) is 0 Å². The lowest BCUT2D eigenvalue weighted by molar-refractivity contribution is 0.173. The molecule has 1 rings (SSSR count). The summed E-state index contributed by atoms with van der Waals surface area (Å²) in [4.78, 5) is 13.1. The summed E-state index contributed by atoms with van der Waals surface area (Å²) in [5.74, 6) is 0.218. The lowest BCUT2D eigenvalue weighted by Gasteiger charge is -2.24. The van der Waals surface area contributed by atoms with Crippen LogP contribution in [0.3, 0.4) is 0 Å². The summed E-state index contributed by atoms with van der Waals surface area (Å²) in [6.07, 6.45) is 6.62. The molecule has 1 aliphatic rings. The second-order valence-corrected chi connectivity index (χ2v) is 3.68. The zero-order chi connectivity index (χ0) is 9.52. The Morgan fingerprint density at radius 1 is 1.38 bits per heavy atom. The van der Waals surface area contributed by atoms with E-state index in [1.807, 2.05) is 0 Å². The predicted octanol–water partition coefficient (Wildman–Crippen LogP) is 2.63. The molecule has 1 atom stereocenters. The largest absolute Gasteiger partial charge is 0.247 e. The van der Waals surface area contributed by atoms with Gasteiger partial charge in [-0.2, -0.15) is 0 Å². The molecule has 0 aliphatic heterocycles. The monoisotopic (exact) mass is 185 g/mol. The molecule has 1 aliphatic carbocycles. The van der Waals surface area contributed by atoms with Gasteiger partial charge in [0.05, 0.1) is 6.54 Å². The Morgan fingerprint density at radius 3 is 2.69 bits per heavy atom. The summed E-state index contributed by atoms with van der Waals surface area (Å²) < 4.78 is 13.4. The molecule has 0 heterocycles. The third kappa shape index (κ3) is 3.69. The normalized spacial score (nSPS) is 20.7. The molecule has 1 fully saturated rings. The third-order valence-corrected chi connectivity index (χ3v) is 2.74. The molecule has 0 aromatic carbocycles. The zero-order valence-electron chi connectivity index (χ0n) is 7.84. The predicted molar refractivity (Wildman–Crippen MR) is 49.1 cm³/mol. The highest BCUT2D eigenvalue weighted by atomic mass is 19.1. The summed E-state index contributed by atoms with van der Waals surface area (Å²) in [5, 5.41) is 0. The molecule has 0 amide bonds. The summed E-state index contributed by atoms with van der Waals surface area (Å²) >= 11 is 0. The molecule has 2 nitrogen and oxygen atoms in total. The maximum absolute atomic E-state index is 13.4. The lowest BCUT2D eigenvalue weighted by atomic mass is 9.85. The van der Waals surface area contributed by atoms with Gasteiger partial charge in [-0.3, -0.25) is 0 Å². The Morgan fingerprint density at radius 2 is 2.08 bits per heavy atom. The van der Waals surface area contributed by atoms with Gasteiger partial charge in [0.15, 0.2) is 0 Å². The van der Waals surface area contributed by atoms with Gasteiger partial charge in [-0.25, -0.2) is 14.2 Å². The molecule has 0 N–H and O–H groups in total. The first-order chi connectivity index (χ1) is 6.34. The van der Waals surface area contributed by atoms with Gasteiger partial charge >= 0.3 is 0 Å². The van der Waals surface area contributed by atoms with Crippen LogP contribution < -0.4 is 0 Å². The lowest BCUT2D eigenvalue weighted by Crippen LogP contribution is -2.19. The number of alkyl halides is 1. The van der Waals surface area contributed by atoms with Crippen molar-refractivity contribution in [3.05, 3.63) is 0 Å². The first kappa shape index (κ1) is 10.4. The molecule has 1 saturated carbocycles. The molecule has 0 bridgehead atoms. The minimum Gasteiger partial charge on any atom is -0.247 e. The molecule has 13 heavy (non-hydrogen) atoms. The fourth-order valence-corrected chi connectivity index (χ4v) is 1.97. The van der Waals surface area contributed by atoms with Crippen LogP contribution in [0.1, 0.15) is 38.5 Å². The van der Waals surface area contributed by atoms with Crippen molar-refractivity contribution < 1.29 is 9.18 Å². The van der Waals surface area contributed by atoms with Crippen LogP contribution >= 0.6 is 0 Å². The van der Waals surface area contributed by atoms with Crippen LogP contribution in [0.15, 0.2) is 4.99 Å². The van der Waals surface area contributed by atoms with Crippen molar-refractivity contribution in [1.82, 2.24) is 0 Å². The first-order valence-electron chi connectivity index (χ1n) is 5.02. The number of halogens is 1. The standard InChI is InChI=1S/C10H16FNO/c11-10(6-7-12-8-13)9-4-2-1-3-5-9/h9-10H,1-7H2. The van der Waals surface area contributed by atoms with Gasteiger partial charge in [0.1, 0.15) is 6.17 Å². The van der Waals surface area contributed by atoms with Crippen LogP contribution in [0.5, 0.6) is 0 Å². The van der Waals surface area contributed by atoms with Crippen molar-refractivity contribution in [2.45, 2.75) is 44.7 Å². The Balaban J connectivity index is 2.20. The van der Waals surface area contributed by atoms with E-state index in [2.05, 4.69) is 4.99 Å². The second-order valence-electron chi connectivity index (χ2n) is 3.68. The van der Waals surface area contributed by atoms with Gasteiger partial charge in [-0.05, 0) is 25.2 Å². The van der Waals surface area contributed by atoms with Crippen LogP contribution in [0.2, 0.25) is 0 Å². The third-order valence-electron chi connectivity index (χ3n) is 2.74. The zero-order valence-corrected chi connectivity index (χ0v) is 7.84. The van der Waals surface area contributed by atoms with Gasteiger partial charge < -0.3 is 0 Å². The maximum Gasteiger partial charge on any atom is 0.234 e. The number of aliphatic imine (C=N–C) groups is 1. The Kier molecular flexibility index (Phi) is 4.69. The average Bonchev–Trinajstić information content (AvgIpc) is 2.19. The van der Waals surface area contributed by atoms with Crippen molar-refractivity contribution >= 4 is 6.08 Å². The first-order valence-corrected chi connectivity index (χ1v) is 5.02. The van der Waals surface area contributed by atoms with E-state index in [1.165, 1.54) is 12.5 Å². The molecule has 74 valence electrons. The van der Waals surface area contributed by atoms with E-state index in [0.29, 0.717) is 13.0 Å². The molecule has 0 spiro atoms. The topological polar surface area (TPSA) is 29.4 Å². The minimum absolute atomic E-state index is 0.218. The number of hydrogen-bond donors (Lipinski definition) is 0. The molecule has 0 aromatic heterocycles. The SMILES string of the molecule is O=C=NCCC(F)C1CCCCC1. The Bertz CT molecular complexity index is 183. The molecule has 0 saturated heterocycles. The number of nitrogens with zero attached hydrogens (tertiary/aromatic N) is 1.